The largest absolute Gasteiger partial charge is 0.372 e. The average molecular weight is 322 g/mol. The molecule has 1 saturated heterocycles. The van der Waals surface area contributed by atoms with Gasteiger partial charge in [-0.1, -0.05) is 0 Å². The highest BCUT2D eigenvalue weighted by molar-refractivity contribution is 5.81. The van der Waals surface area contributed by atoms with Crippen molar-refractivity contribution >= 4 is 28.1 Å². The van der Waals surface area contributed by atoms with E-state index in [9.17, 15) is 4.79 Å². The van der Waals surface area contributed by atoms with Gasteiger partial charge >= 0.3 is 5.69 Å². The summed E-state index contributed by atoms with van der Waals surface area (Å²) in [6, 6.07) is 14.6. The highest BCUT2D eigenvalue weighted by Gasteiger charge is 2.12. The Labute approximate surface area is 141 Å². The average Bonchev–Trinajstić information content (AvgIpc) is 3.21. The van der Waals surface area contributed by atoms with Gasteiger partial charge in [-0.05, 0) is 55.3 Å². The zero-order valence-electron chi connectivity index (χ0n) is 14.1. The summed E-state index contributed by atoms with van der Waals surface area (Å²) in [4.78, 5) is 14.4. The number of nitrogens with one attached hydrogen (secondary N) is 1. The summed E-state index contributed by atoms with van der Waals surface area (Å²) in [5, 5.41) is 3.43. The molecule has 0 unspecified atom stereocenters. The molecule has 0 atom stereocenters. The van der Waals surface area contributed by atoms with Gasteiger partial charge in [0.25, 0.3) is 0 Å². The maximum absolute atomic E-state index is 12.0. The van der Waals surface area contributed by atoms with E-state index in [4.69, 9.17) is 0 Å². The second-order valence-corrected chi connectivity index (χ2v) is 6.47. The molecule has 3 aromatic rings. The second-order valence-electron chi connectivity index (χ2n) is 6.47. The van der Waals surface area contributed by atoms with Gasteiger partial charge in [-0.2, -0.15) is 0 Å². The smallest absolute Gasteiger partial charge is 0.328 e. The van der Waals surface area contributed by atoms with Gasteiger partial charge in [0.15, 0.2) is 0 Å². The van der Waals surface area contributed by atoms with Crippen LogP contribution in [0.1, 0.15) is 12.8 Å². The lowest BCUT2D eigenvalue weighted by Crippen LogP contribution is -2.19. The quantitative estimate of drug-likeness (QED) is 0.805. The van der Waals surface area contributed by atoms with Crippen LogP contribution in [0.15, 0.2) is 47.3 Å². The summed E-state index contributed by atoms with van der Waals surface area (Å²) in [5.74, 6) is 0. The van der Waals surface area contributed by atoms with Crippen molar-refractivity contribution in [2.75, 3.05) is 23.3 Å². The molecule has 0 amide bonds. The number of hydrogen-bond acceptors (Lipinski definition) is 3. The molecule has 0 radical (unpaired) electrons. The van der Waals surface area contributed by atoms with Crippen LogP contribution >= 0.6 is 0 Å². The first-order chi connectivity index (χ1) is 11.6. The van der Waals surface area contributed by atoms with Gasteiger partial charge in [0, 0.05) is 44.2 Å². The van der Waals surface area contributed by atoms with E-state index in [-0.39, 0.29) is 5.69 Å². The SMILES string of the molecule is Cn1c(=O)n(C)c2cc(Nc3ccc(N4CCCC4)cc3)ccc21. The number of aryl methyl sites for hydroxylation is 2. The Kier molecular flexibility index (Phi) is 3.56. The van der Waals surface area contributed by atoms with Crippen LogP contribution < -0.4 is 15.9 Å². The summed E-state index contributed by atoms with van der Waals surface area (Å²) in [6.07, 6.45) is 2.58. The van der Waals surface area contributed by atoms with E-state index in [1.54, 1.807) is 23.2 Å². The molecule has 1 fully saturated rings. The van der Waals surface area contributed by atoms with Crippen molar-refractivity contribution in [1.29, 1.82) is 0 Å². The summed E-state index contributed by atoms with van der Waals surface area (Å²) in [5.41, 5.74) is 5.20. The van der Waals surface area contributed by atoms with Gasteiger partial charge in [-0.3, -0.25) is 9.13 Å². The fraction of sp³-hybridized carbons (Fsp3) is 0.316. The molecule has 124 valence electrons. The Bertz CT molecular complexity index is 930. The Hall–Kier alpha value is -2.69. The van der Waals surface area contributed by atoms with Gasteiger partial charge in [0.1, 0.15) is 0 Å². The number of nitrogens with zero attached hydrogens (tertiary/aromatic N) is 3. The van der Waals surface area contributed by atoms with E-state index < -0.39 is 0 Å². The minimum Gasteiger partial charge on any atom is -0.372 e. The third kappa shape index (κ3) is 2.46. The molecule has 2 aromatic carbocycles. The van der Waals surface area contributed by atoms with Crippen molar-refractivity contribution in [3.63, 3.8) is 0 Å². The predicted molar refractivity (Wildman–Crippen MR) is 99.3 cm³/mol. The molecule has 5 nitrogen and oxygen atoms in total. The third-order valence-electron chi connectivity index (χ3n) is 4.90. The van der Waals surface area contributed by atoms with Crippen molar-refractivity contribution in [3.05, 3.63) is 52.9 Å². The standard InChI is InChI=1S/C19H22N4O/c1-21-17-10-7-15(13-18(17)22(2)19(21)24)20-14-5-8-16(9-6-14)23-11-3-4-12-23/h5-10,13,20H,3-4,11-12H2,1-2H3. The van der Waals surface area contributed by atoms with Crippen LogP contribution in [0.3, 0.4) is 0 Å². The zero-order chi connectivity index (χ0) is 16.7. The summed E-state index contributed by atoms with van der Waals surface area (Å²) in [7, 11) is 3.61. The van der Waals surface area contributed by atoms with Gasteiger partial charge in [0.2, 0.25) is 0 Å². The van der Waals surface area contributed by atoms with Crippen LogP contribution in [0.4, 0.5) is 17.1 Å². The van der Waals surface area contributed by atoms with Crippen molar-refractivity contribution in [2.24, 2.45) is 14.1 Å². The number of aromatic nitrogens is 2. The van der Waals surface area contributed by atoms with E-state index >= 15 is 0 Å². The van der Waals surface area contributed by atoms with Crippen molar-refractivity contribution in [1.82, 2.24) is 9.13 Å². The van der Waals surface area contributed by atoms with Crippen LogP contribution in [-0.4, -0.2) is 22.2 Å². The number of fused-ring (bicyclic) bond motifs is 1. The zero-order valence-corrected chi connectivity index (χ0v) is 14.1. The predicted octanol–water partition coefficient (Wildman–Crippen LogP) is 3.22. The highest BCUT2D eigenvalue weighted by atomic mass is 16.1. The van der Waals surface area contributed by atoms with Crippen molar-refractivity contribution in [3.8, 4) is 0 Å². The molecule has 5 heteroatoms. The minimum absolute atomic E-state index is 0.00267. The van der Waals surface area contributed by atoms with E-state index in [2.05, 4.69) is 34.5 Å². The molecule has 1 aliphatic heterocycles. The molecular weight excluding hydrogens is 300 g/mol. The number of anilines is 3. The first-order valence-electron chi connectivity index (χ1n) is 8.41. The molecule has 0 spiro atoms. The number of hydrogen-bond donors (Lipinski definition) is 1. The molecule has 0 aliphatic carbocycles. The first-order valence-corrected chi connectivity index (χ1v) is 8.41. The summed E-state index contributed by atoms with van der Waals surface area (Å²) in [6.45, 7) is 2.32. The molecule has 4 rings (SSSR count). The fourth-order valence-electron chi connectivity index (χ4n) is 3.48. The molecule has 1 aliphatic rings. The Morgan fingerprint density at radius 3 is 2.17 bits per heavy atom. The minimum atomic E-state index is -0.00267. The molecule has 24 heavy (non-hydrogen) atoms. The highest BCUT2D eigenvalue weighted by Crippen LogP contribution is 2.25. The van der Waals surface area contributed by atoms with Crippen LogP contribution in [-0.2, 0) is 14.1 Å². The number of rotatable bonds is 3. The first kappa shape index (κ1) is 14.9. The van der Waals surface area contributed by atoms with E-state index in [1.807, 2.05) is 18.2 Å². The Morgan fingerprint density at radius 1 is 0.833 bits per heavy atom. The van der Waals surface area contributed by atoms with Crippen LogP contribution in [0, 0.1) is 0 Å². The molecule has 1 N–H and O–H groups in total. The van der Waals surface area contributed by atoms with Gasteiger partial charge in [0.05, 0.1) is 11.0 Å². The lowest BCUT2D eigenvalue weighted by Gasteiger charge is -2.18. The molecular formula is C19H22N4O. The Morgan fingerprint density at radius 2 is 1.46 bits per heavy atom. The monoisotopic (exact) mass is 322 g/mol. The van der Waals surface area contributed by atoms with Crippen LogP contribution in [0.25, 0.3) is 11.0 Å². The Balaban J connectivity index is 1.59. The maximum Gasteiger partial charge on any atom is 0.328 e. The van der Waals surface area contributed by atoms with Crippen LogP contribution in [0.2, 0.25) is 0 Å². The van der Waals surface area contributed by atoms with E-state index in [0.29, 0.717) is 0 Å². The van der Waals surface area contributed by atoms with Crippen LogP contribution in [0.5, 0.6) is 0 Å². The van der Waals surface area contributed by atoms with E-state index in [0.717, 1.165) is 35.5 Å². The van der Waals surface area contributed by atoms with Crippen molar-refractivity contribution < 1.29 is 0 Å². The van der Waals surface area contributed by atoms with E-state index in [1.165, 1.54) is 18.5 Å². The molecule has 2 heterocycles. The molecule has 0 saturated carbocycles. The molecule has 1 aromatic heterocycles. The third-order valence-corrected chi connectivity index (χ3v) is 4.90. The summed E-state index contributed by atoms with van der Waals surface area (Å²) < 4.78 is 3.35. The molecule has 0 bridgehead atoms. The maximum atomic E-state index is 12.0. The fourth-order valence-corrected chi connectivity index (χ4v) is 3.48. The van der Waals surface area contributed by atoms with Gasteiger partial charge in [-0.15, -0.1) is 0 Å². The summed E-state index contributed by atoms with van der Waals surface area (Å²) >= 11 is 0. The van der Waals surface area contributed by atoms with Gasteiger partial charge < -0.3 is 10.2 Å². The number of benzene rings is 2. The normalized spacial score (nSPS) is 14.5. The van der Waals surface area contributed by atoms with Crippen molar-refractivity contribution in [2.45, 2.75) is 12.8 Å². The number of imidazole rings is 1. The second kappa shape index (κ2) is 5.74. The van der Waals surface area contributed by atoms with Gasteiger partial charge in [-0.25, -0.2) is 4.79 Å². The topological polar surface area (TPSA) is 42.2 Å². The lowest BCUT2D eigenvalue weighted by molar-refractivity contribution is 0.795. The lowest BCUT2D eigenvalue weighted by atomic mass is 10.2.